The first-order chi connectivity index (χ1) is 5.16. The van der Waals surface area contributed by atoms with Crippen LogP contribution in [0.5, 0.6) is 0 Å². The predicted molar refractivity (Wildman–Crippen MR) is 47.3 cm³/mol. The molecule has 0 saturated heterocycles. The van der Waals surface area contributed by atoms with Gasteiger partial charge < -0.3 is 5.11 Å². The minimum atomic E-state index is 0.335. The van der Waals surface area contributed by atoms with Crippen LogP contribution in [0.25, 0.3) is 0 Å². The number of hydrogen-bond donors (Lipinski definition) is 1. The Balaban J connectivity index is 2.77. The molecule has 0 radical (unpaired) electrons. The van der Waals surface area contributed by atoms with E-state index in [9.17, 15) is 0 Å². The number of rotatable bonds is 1. The monoisotopic (exact) mass is 154 g/mol. The molecule has 1 heteroatoms. The van der Waals surface area contributed by atoms with E-state index >= 15 is 0 Å². The molecule has 0 aromatic heterocycles. The Labute approximate surface area is 69.1 Å². The summed E-state index contributed by atoms with van der Waals surface area (Å²) in [5.41, 5.74) is 2.91. The van der Waals surface area contributed by atoms with E-state index < -0.39 is 0 Å². The van der Waals surface area contributed by atoms with Gasteiger partial charge in [-0.05, 0) is 32.6 Å². The summed E-state index contributed by atoms with van der Waals surface area (Å²) in [6.45, 7) is 6.87. The molecular formula is C10H18O. The van der Waals surface area contributed by atoms with Crippen molar-refractivity contribution in [3.05, 3.63) is 11.1 Å². The fourth-order valence-corrected chi connectivity index (χ4v) is 2.02. The van der Waals surface area contributed by atoms with Gasteiger partial charge in [-0.3, -0.25) is 0 Å². The van der Waals surface area contributed by atoms with E-state index in [-0.39, 0.29) is 0 Å². The van der Waals surface area contributed by atoms with Crippen LogP contribution >= 0.6 is 0 Å². The summed E-state index contributed by atoms with van der Waals surface area (Å²) in [4.78, 5) is 0. The van der Waals surface area contributed by atoms with Crippen molar-refractivity contribution in [1.82, 2.24) is 0 Å². The van der Waals surface area contributed by atoms with Gasteiger partial charge in [0.1, 0.15) is 0 Å². The Hall–Kier alpha value is -0.300. The van der Waals surface area contributed by atoms with Gasteiger partial charge in [-0.2, -0.15) is 0 Å². The van der Waals surface area contributed by atoms with E-state index in [1.165, 1.54) is 24.0 Å². The second-order valence-electron chi connectivity index (χ2n) is 3.83. The Morgan fingerprint density at radius 3 is 2.55 bits per heavy atom. The molecular weight excluding hydrogens is 136 g/mol. The first-order valence-corrected chi connectivity index (χ1v) is 4.44. The van der Waals surface area contributed by atoms with Gasteiger partial charge in [0.15, 0.2) is 0 Å². The highest BCUT2D eigenvalue weighted by Gasteiger charge is 2.27. The molecule has 1 aliphatic carbocycles. The second-order valence-corrected chi connectivity index (χ2v) is 3.83. The fraction of sp³-hybridized carbons (Fsp3) is 0.800. The molecule has 0 bridgehead atoms. The van der Waals surface area contributed by atoms with Gasteiger partial charge in [-0.25, -0.2) is 0 Å². The van der Waals surface area contributed by atoms with Crippen LogP contribution in [0.15, 0.2) is 11.1 Å². The minimum absolute atomic E-state index is 0.335. The van der Waals surface area contributed by atoms with Crippen molar-refractivity contribution in [3.63, 3.8) is 0 Å². The first-order valence-electron chi connectivity index (χ1n) is 4.44. The first kappa shape index (κ1) is 8.79. The highest BCUT2D eigenvalue weighted by atomic mass is 16.3. The average Bonchev–Trinajstić information content (AvgIpc) is 2.30. The van der Waals surface area contributed by atoms with Gasteiger partial charge in [0.25, 0.3) is 0 Å². The van der Waals surface area contributed by atoms with Crippen LogP contribution in [0.2, 0.25) is 0 Å². The highest BCUT2D eigenvalue weighted by molar-refractivity contribution is 5.18. The highest BCUT2D eigenvalue weighted by Crippen LogP contribution is 2.37. The molecule has 11 heavy (non-hydrogen) atoms. The molecule has 0 aromatic carbocycles. The number of hydrogen-bond acceptors (Lipinski definition) is 1. The van der Waals surface area contributed by atoms with Crippen molar-refractivity contribution >= 4 is 0 Å². The summed E-state index contributed by atoms with van der Waals surface area (Å²) < 4.78 is 0. The second kappa shape index (κ2) is 3.40. The van der Waals surface area contributed by atoms with Crippen LogP contribution < -0.4 is 0 Å². The lowest BCUT2D eigenvalue weighted by atomic mass is 9.93. The van der Waals surface area contributed by atoms with Crippen molar-refractivity contribution < 1.29 is 5.11 Å². The van der Waals surface area contributed by atoms with Crippen molar-refractivity contribution in [2.24, 2.45) is 11.8 Å². The molecule has 1 fully saturated rings. The lowest BCUT2D eigenvalue weighted by molar-refractivity contribution is 0.221. The normalized spacial score (nSPS) is 31.1. The number of allylic oxidation sites excluding steroid dienone is 1. The third kappa shape index (κ3) is 1.64. The summed E-state index contributed by atoms with van der Waals surface area (Å²) in [5, 5.41) is 9.12. The Morgan fingerprint density at radius 2 is 2.18 bits per heavy atom. The molecule has 1 rings (SSSR count). The zero-order valence-corrected chi connectivity index (χ0v) is 7.72. The molecule has 1 saturated carbocycles. The number of aliphatic hydroxyl groups excluding tert-OH is 1. The van der Waals surface area contributed by atoms with E-state index in [2.05, 4.69) is 20.8 Å². The molecule has 1 aliphatic rings. The maximum Gasteiger partial charge on any atom is 0.0499 e. The largest absolute Gasteiger partial charge is 0.396 e. The molecule has 0 aromatic rings. The quantitative estimate of drug-likeness (QED) is 0.575. The van der Waals surface area contributed by atoms with Gasteiger partial charge in [-0.1, -0.05) is 18.1 Å². The Bertz CT molecular complexity index is 166. The topological polar surface area (TPSA) is 20.2 Å². The smallest absolute Gasteiger partial charge is 0.0499 e. The third-order valence-corrected chi connectivity index (χ3v) is 2.84. The van der Waals surface area contributed by atoms with E-state index in [0.29, 0.717) is 18.4 Å². The summed E-state index contributed by atoms with van der Waals surface area (Å²) in [5.74, 6) is 1.14. The van der Waals surface area contributed by atoms with Crippen molar-refractivity contribution in [2.45, 2.75) is 33.6 Å². The Morgan fingerprint density at radius 1 is 1.55 bits per heavy atom. The Kier molecular flexibility index (Phi) is 2.72. The van der Waals surface area contributed by atoms with Gasteiger partial charge in [0, 0.05) is 12.5 Å². The summed E-state index contributed by atoms with van der Waals surface area (Å²) in [7, 11) is 0. The van der Waals surface area contributed by atoms with E-state index in [0.717, 1.165) is 0 Å². The van der Waals surface area contributed by atoms with Crippen LogP contribution in [0.4, 0.5) is 0 Å². The maximum atomic E-state index is 9.12. The van der Waals surface area contributed by atoms with Crippen LogP contribution in [0.1, 0.15) is 33.6 Å². The van der Waals surface area contributed by atoms with Gasteiger partial charge in [-0.15, -0.1) is 0 Å². The molecule has 0 amide bonds. The van der Waals surface area contributed by atoms with Crippen LogP contribution in [-0.2, 0) is 0 Å². The van der Waals surface area contributed by atoms with Gasteiger partial charge >= 0.3 is 0 Å². The van der Waals surface area contributed by atoms with Crippen molar-refractivity contribution in [2.75, 3.05) is 6.61 Å². The van der Waals surface area contributed by atoms with E-state index in [1.807, 2.05) is 0 Å². The number of aliphatic hydroxyl groups is 1. The molecule has 2 atom stereocenters. The third-order valence-electron chi connectivity index (χ3n) is 2.84. The fourth-order valence-electron chi connectivity index (χ4n) is 2.02. The zero-order chi connectivity index (χ0) is 8.43. The van der Waals surface area contributed by atoms with Gasteiger partial charge in [0.05, 0.1) is 0 Å². The van der Waals surface area contributed by atoms with E-state index in [1.54, 1.807) is 0 Å². The molecule has 0 aliphatic heterocycles. The van der Waals surface area contributed by atoms with Crippen LogP contribution in [0, 0.1) is 11.8 Å². The lowest BCUT2D eigenvalue weighted by Gasteiger charge is -2.14. The lowest BCUT2D eigenvalue weighted by Crippen LogP contribution is -2.11. The summed E-state index contributed by atoms with van der Waals surface area (Å²) in [6.07, 6.45) is 2.46. The molecule has 1 N–H and O–H groups in total. The van der Waals surface area contributed by atoms with Crippen LogP contribution in [0.3, 0.4) is 0 Å². The average molecular weight is 154 g/mol. The van der Waals surface area contributed by atoms with Crippen molar-refractivity contribution in [3.8, 4) is 0 Å². The molecule has 0 spiro atoms. The molecule has 1 unspecified atom stereocenters. The predicted octanol–water partition coefficient (Wildman–Crippen LogP) is 2.36. The minimum Gasteiger partial charge on any atom is -0.396 e. The molecule has 1 nitrogen and oxygen atoms in total. The molecule has 0 heterocycles. The summed E-state index contributed by atoms with van der Waals surface area (Å²) in [6, 6.07) is 0. The zero-order valence-electron chi connectivity index (χ0n) is 7.72. The SMILES string of the molecule is CC(C)=C1CC[C@@H](C)C1CO. The maximum absolute atomic E-state index is 9.12. The molecule has 64 valence electrons. The van der Waals surface area contributed by atoms with E-state index in [4.69, 9.17) is 5.11 Å². The standard InChI is InChI=1S/C10H18O/c1-7(2)9-5-4-8(3)10(9)6-11/h8,10-11H,4-6H2,1-3H3/t8-,10?/m1/s1. The summed E-state index contributed by atoms with van der Waals surface area (Å²) >= 11 is 0. The van der Waals surface area contributed by atoms with Crippen LogP contribution in [-0.4, -0.2) is 11.7 Å². The van der Waals surface area contributed by atoms with Gasteiger partial charge in [0.2, 0.25) is 0 Å². The van der Waals surface area contributed by atoms with Crippen molar-refractivity contribution in [1.29, 1.82) is 0 Å².